The number of carbonyl (C=O) groups is 1. The summed E-state index contributed by atoms with van der Waals surface area (Å²) in [6.45, 7) is 1.82. The number of hydrogen-bond donors (Lipinski definition) is 0. The molecule has 0 N–H and O–H groups in total. The second-order valence-corrected chi connectivity index (χ2v) is 8.53. The Morgan fingerprint density at radius 1 is 1.15 bits per heavy atom. The second-order valence-electron chi connectivity index (χ2n) is 8.16. The van der Waals surface area contributed by atoms with Crippen molar-refractivity contribution in [2.45, 2.75) is 31.7 Å². The molecule has 1 fully saturated rings. The molecule has 6 nitrogen and oxygen atoms in total. The molecular formula is C25H22FN5OS. The van der Waals surface area contributed by atoms with Crippen LogP contribution in [0.5, 0.6) is 0 Å². The van der Waals surface area contributed by atoms with Gasteiger partial charge in [0.1, 0.15) is 29.4 Å². The molecule has 1 aliphatic rings. The first-order valence-corrected chi connectivity index (χ1v) is 10.9. The zero-order valence-corrected chi connectivity index (χ0v) is 19.1. The maximum atomic E-state index is 13.6. The van der Waals surface area contributed by atoms with Crippen LogP contribution in [0, 0.1) is 24.1 Å². The van der Waals surface area contributed by atoms with E-state index in [-0.39, 0.29) is 0 Å². The van der Waals surface area contributed by atoms with E-state index in [9.17, 15) is 9.18 Å². The first-order valence-electron chi connectivity index (χ1n) is 10.5. The number of nitrogens with zero attached hydrogens (tertiary/aromatic N) is 5. The van der Waals surface area contributed by atoms with E-state index in [2.05, 4.69) is 16.0 Å². The predicted octanol–water partition coefficient (Wildman–Crippen LogP) is 4.81. The molecule has 0 aliphatic heterocycles. The summed E-state index contributed by atoms with van der Waals surface area (Å²) in [7, 11) is 1.82. The van der Waals surface area contributed by atoms with Gasteiger partial charge in [0, 0.05) is 24.5 Å². The molecule has 0 unspecified atom stereocenters. The van der Waals surface area contributed by atoms with E-state index in [0.29, 0.717) is 29.2 Å². The van der Waals surface area contributed by atoms with Crippen molar-refractivity contribution in [3.8, 4) is 17.2 Å². The predicted molar refractivity (Wildman–Crippen MR) is 129 cm³/mol. The van der Waals surface area contributed by atoms with Gasteiger partial charge < -0.3 is 14.6 Å². The quantitative estimate of drug-likeness (QED) is 0.400. The lowest BCUT2D eigenvalue weighted by molar-refractivity contribution is -0.114. The third-order valence-corrected chi connectivity index (χ3v) is 6.54. The van der Waals surface area contributed by atoms with Gasteiger partial charge in [-0.05, 0) is 73.8 Å². The van der Waals surface area contributed by atoms with Crippen LogP contribution in [-0.4, -0.2) is 34.0 Å². The smallest absolute Gasteiger partial charge is 0.181 e. The number of benzene rings is 1. The standard InChI is InChI=1S/C25H22FN5OS/c1-17-10-22(15-29-23(17)12-27)30(2)24(33)31(25(16-32)8-3-9-25)21-6-4-18(5-7-21)19-11-20(26)14-28-13-19/h4-7,10-11,13-16H,3,8-9H2,1-2H3. The molecule has 166 valence electrons. The van der Waals surface area contributed by atoms with Gasteiger partial charge in [0.25, 0.3) is 0 Å². The van der Waals surface area contributed by atoms with Gasteiger partial charge in [-0.1, -0.05) is 12.1 Å². The summed E-state index contributed by atoms with van der Waals surface area (Å²) in [5.74, 6) is -0.401. The van der Waals surface area contributed by atoms with Gasteiger partial charge in [-0.2, -0.15) is 5.26 Å². The molecule has 2 heterocycles. The van der Waals surface area contributed by atoms with Gasteiger partial charge in [0.15, 0.2) is 5.11 Å². The fourth-order valence-electron chi connectivity index (χ4n) is 3.98. The number of carbonyl (C=O) groups excluding carboxylic acids is 1. The van der Waals surface area contributed by atoms with E-state index in [1.807, 2.05) is 49.2 Å². The number of halogens is 1. The molecule has 0 amide bonds. The van der Waals surface area contributed by atoms with E-state index >= 15 is 0 Å². The highest BCUT2D eigenvalue weighted by Crippen LogP contribution is 2.40. The first kappa shape index (κ1) is 22.5. The van der Waals surface area contributed by atoms with Crippen LogP contribution in [0.1, 0.15) is 30.5 Å². The molecule has 2 aromatic heterocycles. The molecule has 33 heavy (non-hydrogen) atoms. The lowest BCUT2D eigenvalue weighted by Gasteiger charge is -2.48. The number of aromatic nitrogens is 2. The first-order chi connectivity index (χ1) is 15.9. The Labute approximate surface area is 197 Å². The van der Waals surface area contributed by atoms with E-state index in [4.69, 9.17) is 17.5 Å². The molecule has 3 aromatic rings. The number of pyridine rings is 2. The molecule has 1 saturated carbocycles. The average molecular weight is 460 g/mol. The number of aryl methyl sites for hydroxylation is 1. The van der Waals surface area contributed by atoms with Crippen LogP contribution in [0.4, 0.5) is 15.8 Å². The Hall–Kier alpha value is -3.70. The maximum absolute atomic E-state index is 13.6. The van der Waals surface area contributed by atoms with Crippen molar-refractivity contribution >= 4 is 35.0 Å². The lowest BCUT2D eigenvalue weighted by atomic mass is 9.76. The Kier molecular flexibility index (Phi) is 6.16. The molecular weight excluding hydrogens is 437 g/mol. The SMILES string of the molecule is Cc1cc(N(C)C(=S)N(c2ccc(-c3cncc(F)c3)cc2)C2(C=O)CCC2)cnc1C#N. The van der Waals surface area contributed by atoms with Crippen molar-refractivity contribution in [2.24, 2.45) is 0 Å². The number of rotatable bonds is 5. The van der Waals surface area contributed by atoms with Crippen molar-refractivity contribution in [1.82, 2.24) is 9.97 Å². The minimum atomic E-state index is -0.720. The summed E-state index contributed by atoms with van der Waals surface area (Å²) < 4.78 is 13.6. The Morgan fingerprint density at radius 2 is 1.88 bits per heavy atom. The van der Waals surface area contributed by atoms with Crippen molar-refractivity contribution in [2.75, 3.05) is 16.8 Å². The number of thiocarbonyl (C=S) groups is 1. The van der Waals surface area contributed by atoms with E-state index < -0.39 is 11.4 Å². The zero-order valence-electron chi connectivity index (χ0n) is 18.3. The minimum Gasteiger partial charge on any atom is -0.320 e. The molecule has 0 bridgehead atoms. The molecule has 0 spiro atoms. The van der Waals surface area contributed by atoms with Crippen LogP contribution in [-0.2, 0) is 4.79 Å². The molecule has 0 saturated heterocycles. The molecule has 4 rings (SSSR count). The number of anilines is 2. The average Bonchev–Trinajstić information content (AvgIpc) is 2.80. The highest BCUT2D eigenvalue weighted by Gasteiger charge is 2.45. The summed E-state index contributed by atoms with van der Waals surface area (Å²) in [5.41, 5.74) is 3.36. The van der Waals surface area contributed by atoms with Crippen LogP contribution in [0.15, 0.2) is 55.0 Å². The summed E-state index contributed by atoms with van der Waals surface area (Å²) >= 11 is 5.87. The van der Waals surface area contributed by atoms with Crippen molar-refractivity contribution in [1.29, 1.82) is 5.26 Å². The summed E-state index contributed by atoms with van der Waals surface area (Å²) in [4.78, 5) is 24.0. The third-order valence-electron chi connectivity index (χ3n) is 6.08. The highest BCUT2D eigenvalue weighted by molar-refractivity contribution is 7.80. The topological polar surface area (TPSA) is 73.1 Å². The van der Waals surface area contributed by atoms with Crippen LogP contribution >= 0.6 is 12.2 Å². The van der Waals surface area contributed by atoms with Gasteiger partial charge >= 0.3 is 0 Å². The minimum absolute atomic E-state index is 0.362. The normalized spacial score (nSPS) is 14.0. The van der Waals surface area contributed by atoms with Crippen molar-refractivity contribution in [3.05, 3.63) is 72.1 Å². The second kappa shape index (κ2) is 9.04. The van der Waals surface area contributed by atoms with E-state index in [1.165, 1.54) is 6.07 Å². The number of hydrogen-bond acceptors (Lipinski definition) is 5. The Bertz CT molecular complexity index is 1250. The largest absolute Gasteiger partial charge is 0.320 e. The molecule has 0 radical (unpaired) electrons. The summed E-state index contributed by atoms with van der Waals surface area (Å²) in [6, 6.07) is 12.8. The van der Waals surface area contributed by atoms with Gasteiger partial charge in [-0.25, -0.2) is 9.37 Å². The van der Waals surface area contributed by atoms with Crippen LogP contribution in [0.2, 0.25) is 0 Å². The fraction of sp³-hybridized carbons (Fsp3) is 0.240. The van der Waals surface area contributed by atoms with Gasteiger partial charge in [-0.3, -0.25) is 4.98 Å². The zero-order chi connectivity index (χ0) is 23.6. The van der Waals surface area contributed by atoms with Gasteiger partial charge in [-0.15, -0.1) is 0 Å². The van der Waals surface area contributed by atoms with Gasteiger partial charge in [0.05, 0.1) is 18.1 Å². The van der Waals surface area contributed by atoms with Crippen LogP contribution < -0.4 is 9.80 Å². The number of aldehydes is 1. The van der Waals surface area contributed by atoms with E-state index in [1.54, 1.807) is 17.3 Å². The summed E-state index contributed by atoms with van der Waals surface area (Å²) in [5, 5.41) is 9.62. The fourth-order valence-corrected chi connectivity index (χ4v) is 4.38. The summed E-state index contributed by atoms with van der Waals surface area (Å²) in [6.07, 6.45) is 7.68. The van der Waals surface area contributed by atoms with Crippen molar-refractivity contribution in [3.63, 3.8) is 0 Å². The molecule has 1 aliphatic carbocycles. The van der Waals surface area contributed by atoms with Crippen LogP contribution in [0.3, 0.4) is 0 Å². The third kappa shape index (κ3) is 4.20. The van der Waals surface area contributed by atoms with E-state index in [0.717, 1.165) is 41.4 Å². The van der Waals surface area contributed by atoms with Gasteiger partial charge in [0.2, 0.25) is 0 Å². The van der Waals surface area contributed by atoms with Crippen LogP contribution in [0.25, 0.3) is 11.1 Å². The maximum Gasteiger partial charge on any atom is 0.181 e. The Balaban J connectivity index is 1.70. The highest BCUT2D eigenvalue weighted by atomic mass is 32.1. The number of nitriles is 1. The lowest BCUT2D eigenvalue weighted by Crippen LogP contribution is -2.60. The molecule has 0 atom stereocenters. The Morgan fingerprint density at radius 3 is 2.42 bits per heavy atom. The van der Waals surface area contributed by atoms with Crippen molar-refractivity contribution < 1.29 is 9.18 Å². The molecule has 1 aromatic carbocycles. The monoisotopic (exact) mass is 459 g/mol. The molecule has 8 heteroatoms.